The average Bonchev–Trinajstić information content (AvgIpc) is 3.12. The maximum atomic E-state index is 14.1. The summed E-state index contributed by atoms with van der Waals surface area (Å²) >= 11 is 0. The third-order valence-corrected chi connectivity index (χ3v) is 7.54. The van der Waals surface area contributed by atoms with Gasteiger partial charge >= 0.3 is 0 Å². The van der Waals surface area contributed by atoms with Gasteiger partial charge in [0.2, 0.25) is 5.91 Å². The predicted molar refractivity (Wildman–Crippen MR) is 154 cm³/mol. The highest BCUT2D eigenvalue weighted by Crippen LogP contribution is 2.48. The number of carbonyl (C=O) groups is 2. The van der Waals surface area contributed by atoms with E-state index in [1.54, 1.807) is 11.8 Å². The Labute approximate surface area is 228 Å². The lowest BCUT2D eigenvalue weighted by Gasteiger charge is -2.34. The zero-order valence-corrected chi connectivity index (χ0v) is 21.8. The Morgan fingerprint density at radius 2 is 1.51 bits per heavy atom. The lowest BCUT2D eigenvalue weighted by atomic mass is 9.78. The Morgan fingerprint density at radius 1 is 0.846 bits per heavy atom. The molecule has 4 aromatic rings. The van der Waals surface area contributed by atoms with Crippen LogP contribution in [-0.4, -0.2) is 11.7 Å². The highest BCUT2D eigenvalue weighted by Gasteiger charge is 2.41. The van der Waals surface area contributed by atoms with Crippen LogP contribution in [0, 0.1) is 0 Å². The molecule has 0 radical (unpaired) electrons. The number of para-hydroxylation sites is 3. The van der Waals surface area contributed by atoms with Gasteiger partial charge in [0, 0.05) is 30.5 Å². The van der Waals surface area contributed by atoms with Crippen molar-refractivity contribution in [3.63, 3.8) is 0 Å². The van der Waals surface area contributed by atoms with E-state index in [2.05, 4.69) is 11.4 Å². The van der Waals surface area contributed by atoms with Crippen LogP contribution < -0.4 is 15.0 Å². The molecule has 1 aliphatic heterocycles. The Morgan fingerprint density at radius 3 is 2.28 bits per heavy atom. The Kier molecular flexibility index (Phi) is 6.72. The van der Waals surface area contributed by atoms with Gasteiger partial charge in [-0.05, 0) is 41.3 Å². The summed E-state index contributed by atoms with van der Waals surface area (Å²) in [5.74, 6) is 0.673. The molecule has 0 aromatic heterocycles. The second-order valence-corrected chi connectivity index (χ2v) is 10.1. The topological polar surface area (TPSA) is 58.6 Å². The van der Waals surface area contributed by atoms with Gasteiger partial charge in [0.1, 0.15) is 12.4 Å². The molecule has 2 atom stereocenters. The fraction of sp³-hybridized carbons (Fsp3) is 0.176. The SMILES string of the molecule is CC(=O)N1c2ccccc2NC2=C(C(=O)C[C@@H](c3ccccc3OCc3ccccc3)C2)[C@H]1c1ccccc1. The van der Waals surface area contributed by atoms with Crippen molar-refractivity contribution in [2.75, 3.05) is 10.2 Å². The van der Waals surface area contributed by atoms with Gasteiger partial charge in [0.25, 0.3) is 0 Å². The number of ether oxygens (including phenoxy) is 1. The molecule has 0 unspecified atom stereocenters. The van der Waals surface area contributed by atoms with Gasteiger partial charge in [-0.2, -0.15) is 0 Å². The smallest absolute Gasteiger partial charge is 0.224 e. The van der Waals surface area contributed by atoms with E-state index in [1.165, 1.54) is 0 Å². The minimum absolute atomic E-state index is 0.0412. The van der Waals surface area contributed by atoms with Gasteiger partial charge in [-0.25, -0.2) is 0 Å². The van der Waals surface area contributed by atoms with Gasteiger partial charge in [0.15, 0.2) is 5.78 Å². The number of hydrogen-bond donors (Lipinski definition) is 1. The fourth-order valence-corrected chi connectivity index (χ4v) is 5.79. The molecule has 0 bridgehead atoms. The second-order valence-electron chi connectivity index (χ2n) is 10.1. The highest BCUT2D eigenvalue weighted by atomic mass is 16.5. The van der Waals surface area contributed by atoms with Crippen molar-refractivity contribution in [1.29, 1.82) is 0 Å². The molecule has 1 N–H and O–H groups in total. The fourth-order valence-electron chi connectivity index (χ4n) is 5.79. The molecule has 39 heavy (non-hydrogen) atoms. The lowest BCUT2D eigenvalue weighted by Crippen LogP contribution is -2.37. The van der Waals surface area contributed by atoms with Crippen LogP contribution in [-0.2, 0) is 16.2 Å². The van der Waals surface area contributed by atoms with E-state index in [-0.39, 0.29) is 17.6 Å². The van der Waals surface area contributed by atoms with E-state index in [0.717, 1.165) is 39.5 Å². The van der Waals surface area contributed by atoms with E-state index in [9.17, 15) is 9.59 Å². The van der Waals surface area contributed by atoms with Crippen molar-refractivity contribution >= 4 is 23.1 Å². The van der Waals surface area contributed by atoms with Gasteiger partial charge < -0.3 is 10.1 Å². The minimum Gasteiger partial charge on any atom is -0.489 e. The largest absolute Gasteiger partial charge is 0.489 e. The number of carbonyl (C=O) groups excluding carboxylic acids is 2. The molecule has 5 nitrogen and oxygen atoms in total. The summed E-state index contributed by atoms with van der Waals surface area (Å²) in [6.45, 7) is 2.02. The molecule has 1 aliphatic carbocycles. The number of nitrogens with zero attached hydrogens (tertiary/aromatic N) is 1. The molecule has 5 heteroatoms. The number of rotatable bonds is 5. The van der Waals surface area contributed by atoms with Crippen molar-refractivity contribution in [2.45, 2.75) is 38.3 Å². The summed E-state index contributed by atoms with van der Waals surface area (Å²) in [4.78, 5) is 29.0. The van der Waals surface area contributed by atoms with Crippen molar-refractivity contribution in [2.24, 2.45) is 0 Å². The van der Waals surface area contributed by atoms with E-state index in [4.69, 9.17) is 4.74 Å². The van der Waals surface area contributed by atoms with Crippen LogP contribution >= 0.6 is 0 Å². The molecule has 0 saturated carbocycles. The van der Waals surface area contributed by atoms with Crippen molar-refractivity contribution in [3.05, 3.63) is 137 Å². The summed E-state index contributed by atoms with van der Waals surface area (Å²) in [5.41, 5.74) is 6.13. The Hall–Kier alpha value is -4.64. The number of hydrogen-bond acceptors (Lipinski definition) is 4. The first-order valence-corrected chi connectivity index (χ1v) is 13.3. The Bertz CT molecular complexity index is 1550. The predicted octanol–water partition coefficient (Wildman–Crippen LogP) is 7.19. The molecule has 1 heterocycles. The number of nitrogens with one attached hydrogen (secondary N) is 1. The van der Waals surface area contributed by atoms with Crippen molar-refractivity contribution < 1.29 is 14.3 Å². The molecule has 1 amide bonds. The number of benzene rings is 4. The first-order valence-electron chi connectivity index (χ1n) is 13.3. The number of ketones is 1. The molecule has 2 aliphatic rings. The third kappa shape index (κ3) is 4.84. The number of allylic oxidation sites excluding steroid dienone is 1. The maximum Gasteiger partial charge on any atom is 0.224 e. The van der Waals surface area contributed by atoms with Crippen molar-refractivity contribution in [3.8, 4) is 5.75 Å². The first-order chi connectivity index (χ1) is 19.1. The monoisotopic (exact) mass is 514 g/mol. The van der Waals surface area contributed by atoms with Crippen LogP contribution in [0.25, 0.3) is 0 Å². The molecule has 6 rings (SSSR count). The summed E-state index contributed by atoms with van der Waals surface area (Å²) in [6.07, 6.45) is 0.980. The van der Waals surface area contributed by atoms with Gasteiger partial charge in [0.05, 0.1) is 17.4 Å². The summed E-state index contributed by atoms with van der Waals surface area (Å²) in [5, 5.41) is 3.58. The molecule has 0 spiro atoms. The van der Waals surface area contributed by atoms with Crippen LogP contribution in [0.3, 0.4) is 0 Å². The summed E-state index contributed by atoms with van der Waals surface area (Å²) < 4.78 is 6.27. The van der Waals surface area contributed by atoms with Gasteiger partial charge in [-0.3, -0.25) is 14.5 Å². The van der Waals surface area contributed by atoms with Crippen LogP contribution in [0.5, 0.6) is 5.75 Å². The third-order valence-electron chi connectivity index (χ3n) is 7.54. The standard InChI is InChI=1S/C34H30N2O3/c1-23(37)36-30-18-10-9-17-28(30)35-29-20-26(21-31(38)33(29)34(36)25-14-6-3-7-15-25)27-16-8-11-19-32(27)39-22-24-12-4-2-5-13-24/h2-19,26,34-35H,20-22H2,1H3/t26-,34+/m0/s1. The van der Waals surface area contributed by atoms with E-state index < -0.39 is 6.04 Å². The molecular formula is C34H30N2O3. The van der Waals surface area contributed by atoms with E-state index in [0.29, 0.717) is 25.0 Å². The van der Waals surface area contributed by atoms with Crippen LogP contribution in [0.2, 0.25) is 0 Å². The van der Waals surface area contributed by atoms with Gasteiger partial charge in [-0.1, -0.05) is 91.0 Å². The molecule has 0 saturated heterocycles. The zero-order chi connectivity index (χ0) is 26.8. The van der Waals surface area contributed by atoms with Gasteiger partial charge in [-0.15, -0.1) is 0 Å². The molecule has 0 fully saturated rings. The van der Waals surface area contributed by atoms with E-state index in [1.807, 2.05) is 103 Å². The van der Waals surface area contributed by atoms with Crippen LogP contribution in [0.4, 0.5) is 11.4 Å². The number of anilines is 2. The summed E-state index contributed by atoms with van der Waals surface area (Å²) in [6, 6.07) is 35.2. The van der Waals surface area contributed by atoms with Crippen molar-refractivity contribution in [1.82, 2.24) is 0 Å². The molecular weight excluding hydrogens is 484 g/mol. The number of Topliss-reactive ketones (excluding diaryl/α,β-unsaturated/α-hetero) is 1. The second kappa shape index (κ2) is 10.6. The lowest BCUT2D eigenvalue weighted by molar-refractivity contribution is -0.117. The van der Waals surface area contributed by atoms with Crippen LogP contribution in [0.15, 0.2) is 120 Å². The quantitative estimate of drug-likeness (QED) is 0.306. The number of fused-ring (bicyclic) bond motifs is 1. The Balaban J connectivity index is 1.41. The van der Waals surface area contributed by atoms with Crippen LogP contribution in [0.1, 0.15) is 48.4 Å². The highest BCUT2D eigenvalue weighted by molar-refractivity contribution is 6.06. The molecule has 4 aromatic carbocycles. The number of amides is 1. The summed E-state index contributed by atoms with van der Waals surface area (Å²) in [7, 11) is 0. The zero-order valence-electron chi connectivity index (χ0n) is 21.8. The normalized spacial score (nSPS) is 18.5. The maximum absolute atomic E-state index is 14.1. The molecule has 194 valence electrons. The first kappa shape index (κ1) is 24.7. The minimum atomic E-state index is -0.507. The average molecular weight is 515 g/mol. The van der Waals surface area contributed by atoms with E-state index >= 15 is 0 Å².